The molecule has 0 saturated carbocycles. The number of anilines is 3. The fraction of sp³-hybridized carbons (Fsp3) is 0.263. The maximum atomic E-state index is 14.3. The number of hydrogen-bond donors (Lipinski definition) is 3. The van der Waals surface area contributed by atoms with E-state index >= 15 is 0 Å². The number of nitrogens with one attached hydrogen (secondary N) is 3. The number of aromatic amines is 1. The Labute approximate surface area is 165 Å². The Morgan fingerprint density at radius 2 is 2.04 bits per heavy atom. The molecule has 1 aromatic carbocycles. The molecule has 7 nitrogen and oxygen atoms in total. The van der Waals surface area contributed by atoms with E-state index in [-0.39, 0.29) is 0 Å². The van der Waals surface area contributed by atoms with Crippen molar-refractivity contribution in [2.24, 2.45) is 0 Å². The molecule has 5 rings (SSSR count). The Balaban J connectivity index is 1.51. The Kier molecular flexibility index (Phi) is 4.10. The summed E-state index contributed by atoms with van der Waals surface area (Å²) in [5.41, 5.74) is 3.40. The smallest absolute Gasteiger partial charge is 0.173 e. The average molecular weight is 400 g/mol. The third-order valence-corrected chi connectivity index (χ3v) is 5.39. The van der Waals surface area contributed by atoms with Crippen molar-refractivity contribution >= 4 is 45.3 Å². The molecule has 1 fully saturated rings. The van der Waals surface area contributed by atoms with E-state index in [1.165, 1.54) is 6.07 Å². The van der Waals surface area contributed by atoms with Gasteiger partial charge in [-0.2, -0.15) is 5.10 Å². The third-order valence-electron chi connectivity index (χ3n) is 5.00. The highest BCUT2D eigenvalue weighted by Crippen LogP contribution is 2.36. The molecule has 28 heavy (non-hydrogen) atoms. The van der Waals surface area contributed by atoms with Crippen LogP contribution in [0.2, 0.25) is 5.02 Å². The monoisotopic (exact) mass is 399 g/mol. The number of hydrogen-bond acceptors (Lipinski definition) is 5. The van der Waals surface area contributed by atoms with Gasteiger partial charge in [0.15, 0.2) is 17.3 Å². The molecule has 144 valence electrons. The fourth-order valence-corrected chi connectivity index (χ4v) is 4.00. The number of aryl methyl sites for hydroxylation is 1. The van der Waals surface area contributed by atoms with Crippen LogP contribution < -0.4 is 15.5 Å². The van der Waals surface area contributed by atoms with Crippen molar-refractivity contribution in [3.8, 4) is 0 Å². The lowest BCUT2D eigenvalue weighted by molar-refractivity contribution is 0.589. The molecule has 0 unspecified atom stereocenters. The number of imidazole rings is 1. The molecular weight excluding hydrogens is 381 g/mol. The van der Waals surface area contributed by atoms with E-state index in [4.69, 9.17) is 11.6 Å². The van der Waals surface area contributed by atoms with E-state index in [2.05, 4.69) is 30.7 Å². The maximum absolute atomic E-state index is 14.3. The van der Waals surface area contributed by atoms with Crippen LogP contribution in [0.1, 0.15) is 5.69 Å². The summed E-state index contributed by atoms with van der Waals surface area (Å²) in [5.74, 6) is 0.205. The van der Waals surface area contributed by atoms with Gasteiger partial charge in [0.05, 0.1) is 27.6 Å². The van der Waals surface area contributed by atoms with Gasteiger partial charge in [0.2, 0.25) is 0 Å². The number of benzene rings is 1. The molecule has 1 aliphatic heterocycles. The van der Waals surface area contributed by atoms with Crippen molar-refractivity contribution in [1.29, 1.82) is 0 Å². The van der Waals surface area contributed by atoms with Gasteiger partial charge in [-0.05, 0) is 19.1 Å². The SMILES string of the molecule is Cc1cn2cc(Nc3n[nH]c4c(Cl)c(N5CCNCC5)ccc34)cc(F)c2n1. The zero-order valence-electron chi connectivity index (χ0n) is 15.3. The lowest BCUT2D eigenvalue weighted by atomic mass is 10.2. The minimum atomic E-state index is -0.392. The average Bonchev–Trinajstić information content (AvgIpc) is 3.27. The summed E-state index contributed by atoms with van der Waals surface area (Å²) >= 11 is 6.66. The number of aromatic nitrogens is 4. The van der Waals surface area contributed by atoms with Crippen LogP contribution in [0.3, 0.4) is 0 Å². The van der Waals surface area contributed by atoms with Crippen LogP contribution in [0.15, 0.2) is 30.6 Å². The van der Waals surface area contributed by atoms with Crippen molar-refractivity contribution in [3.63, 3.8) is 0 Å². The number of piperazine rings is 1. The maximum Gasteiger partial charge on any atom is 0.173 e. The fourth-order valence-electron chi connectivity index (χ4n) is 3.67. The quantitative estimate of drug-likeness (QED) is 0.492. The number of H-pyrrole nitrogens is 1. The largest absolute Gasteiger partial charge is 0.368 e. The van der Waals surface area contributed by atoms with Crippen LogP contribution in [-0.2, 0) is 0 Å². The molecule has 0 bridgehead atoms. The predicted molar refractivity (Wildman–Crippen MR) is 109 cm³/mol. The molecule has 0 amide bonds. The first kappa shape index (κ1) is 17.3. The second-order valence-corrected chi connectivity index (χ2v) is 7.32. The van der Waals surface area contributed by atoms with E-state index in [0.717, 1.165) is 48.5 Å². The molecule has 0 radical (unpaired) electrons. The minimum Gasteiger partial charge on any atom is -0.368 e. The molecule has 4 aromatic rings. The summed E-state index contributed by atoms with van der Waals surface area (Å²) < 4.78 is 16.0. The zero-order chi connectivity index (χ0) is 19.3. The molecule has 4 heterocycles. The Bertz CT molecular complexity index is 1180. The first-order valence-corrected chi connectivity index (χ1v) is 9.52. The van der Waals surface area contributed by atoms with Gasteiger partial charge in [0, 0.05) is 50.0 Å². The molecule has 0 spiro atoms. The third kappa shape index (κ3) is 2.85. The Hall–Kier alpha value is -2.84. The highest BCUT2D eigenvalue weighted by molar-refractivity contribution is 6.38. The van der Waals surface area contributed by atoms with Crippen molar-refractivity contribution in [2.75, 3.05) is 36.4 Å². The highest BCUT2D eigenvalue weighted by Gasteiger charge is 2.18. The number of pyridine rings is 1. The predicted octanol–water partition coefficient (Wildman–Crippen LogP) is 3.46. The van der Waals surface area contributed by atoms with Crippen molar-refractivity contribution < 1.29 is 4.39 Å². The molecule has 0 atom stereocenters. The normalized spacial score (nSPS) is 14.9. The second-order valence-electron chi connectivity index (χ2n) is 6.95. The Morgan fingerprint density at radius 1 is 1.21 bits per heavy atom. The lowest BCUT2D eigenvalue weighted by Crippen LogP contribution is -2.43. The zero-order valence-corrected chi connectivity index (χ0v) is 16.0. The number of nitrogens with zero attached hydrogens (tertiary/aromatic N) is 4. The van der Waals surface area contributed by atoms with Gasteiger partial charge in [-0.25, -0.2) is 9.37 Å². The van der Waals surface area contributed by atoms with Crippen LogP contribution in [0.25, 0.3) is 16.6 Å². The van der Waals surface area contributed by atoms with Gasteiger partial charge < -0.3 is 19.9 Å². The summed E-state index contributed by atoms with van der Waals surface area (Å²) in [6, 6.07) is 5.42. The summed E-state index contributed by atoms with van der Waals surface area (Å²) in [6.45, 7) is 5.53. The van der Waals surface area contributed by atoms with E-state index < -0.39 is 5.82 Å². The van der Waals surface area contributed by atoms with Crippen LogP contribution in [0, 0.1) is 12.7 Å². The van der Waals surface area contributed by atoms with Crippen LogP contribution in [0.5, 0.6) is 0 Å². The lowest BCUT2D eigenvalue weighted by Gasteiger charge is -2.30. The van der Waals surface area contributed by atoms with Crippen molar-refractivity contribution in [2.45, 2.75) is 6.92 Å². The molecule has 3 aromatic heterocycles. The van der Waals surface area contributed by atoms with Gasteiger partial charge in [-0.3, -0.25) is 5.10 Å². The van der Waals surface area contributed by atoms with Gasteiger partial charge in [-0.15, -0.1) is 0 Å². The van der Waals surface area contributed by atoms with E-state index in [1.807, 2.05) is 19.1 Å². The molecule has 1 aliphatic rings. The number of halogens is 2. The van der Waals surface area contributed by atoms with Crippen LogP contribution in [-0.4, -0.2) is 45.8 Å². The van der Waals surface area contributed by atoms with E-state index in [9.17, 15) is 4.39 Å². The topological polar surface area (TPSA) is 73.3 Å². The summed E-state index contributed by atoms with van der Waals surface area (Å²) in [5, 5.41) is 15.4. The van der Waals surface area contributed by atoms with Crippen molar-refractivity contribution in [1.82, 2.24) is 24.9 Å². The van der Waals surface area contributed by atoms with Crippen LogP contribution in [0.4, 0.5) is 21.6 Å². The summed E-state index contributed by atoms with van der Waals surface area (Å²) in [4.78, 5) is 6.44. The highest BCUT2D eigenvalue weighted by atomic mass is 35.5. The van der Waals surface area contributed by atoms with Gasteiger partial charge in [0.25, 0.3) is 0 Å². The standard InChI is InChI=1S/C19H19ClFN7/c1-11-9-28-10-12(8-14(21)19(28)23-11)24-18-13-2-3-15(16(20)17(13)25-26-18)27-6-4-22-5-7-27/h2-3,8-10,22H,4-7H2,1H3,(H2,24,25,26). The van der Waals surface area contributed by atoms with Crippen LogP contribution >= 0.6 is 11.6 Å². The first-order valence-electron chi connectivity index (χ1n) is 9.14. The van der Waals surface area contributed by atoms with Crippen molar-refractivity contribution in [3.05, 3.63) is 47.1 Å². The molecule has 9 heteroatoms. The Morgan fingerprint density at radius 3 is 2.86 bits per heavy atom. The number of rotatable bonds is 3. The second kappa shape index (κ2) is 6.65. The van der Waals surface area contributed by atoms with E-state index in [1.54, 1.807) is 16.8 Å². The van der Waals surface area contributed by atoms with Gasteiger partial charge >= 0.3 is 0 Å². The summed E-state index contributed by atoms with van der Waals surface area (Å²) in [7, 11) is 0. The van der Waals surface area contributed by atoms with Gasteiger partial charge in [-0.1, -0.05) is 11.6 Å². The van der Waals surface area contributed by atoms with Gasteiger partial charge in [0.1, 0.15) is 0 Å². The summed E-state index contributed by atoms with van der Waals surface area (Å²) in [6.07, 6.45) is 3.57. The molecule has 0 aliphatic carbocycles. The molecule has 3 N–H and O–H groups in total. The van der Waals surface area contributed by atoms with E-state index in [0.29, 0.717) is 22.2 Å². The number of fused-ring (bicyclic) bond motifs is 2. The molecular formula is C19H19ClFN7. The molecule has 1 saturated heterocycles. The minimum absolute atomic E-state index is 0.304. The first-order chi connectivity index (χ1) is 13.6.